The molecule has 0 aromatic carbocycles. The monoisotopic (exact) mass is 906 g/mol. The minimum absolute atomic E-state index is 0.0462. The number of phosphoric acid groups is 1. The van der Waals surface area contributed by atoms with Gasteiger partial charge in [0.2, 0.25) is 0 Å². The van der Waals surface area contributed by atoms with Crippen LogP contribution in [0.25, 0.3) is 0 Å². The zero-order chi connectivity index (χ0) is 46.0. The van der Waals surface area contributed by atoms with Crippen molar-refractivity contribution in [2.24, 2.45) is 5.73 Å². The Labute approximate surface area is 387 Å². The Morgan fingerprint density at radius 2 is 0.873 bits per heavy atom. The Morgan fingerprint density at radius 1 is 0.492 bits per heavy atom. The Balaban J connectivity index is 4.07. The van der Waals surface area contributed by atoms with E-state index in [1.165, 1.54) is 128 Å². The molecule has 0 bridgehead atoms. The second kappa shape index (κ2) is 49.2. The smallest absolute Gasteiger partial charge is 0.462 e. The highest BCUT2D eigenvalue weighted by Gasteiger charge is 2.26. The number of esters is 2. The molecule has 0 amide bonds. The van der Waals surface area contributed by atoms with Crippen molar-refractivity contribution in [3.63, 3.8) is 0 Å². The van der Waals surface area contributed by atoms with Crippen molar-refractivity contribution in [1.82, 2.24) is 0 Å². The van der Waals surface area contributed by atoms with Gasteiger partial charge in [0.25, 0.3) is 0 Å². The highest BCUT2D eigenvalue weighted by molar-refractivity contribution is 7.47. The largest absolute Gasteiger partial charge is 0.472 e. The lowest BCUT2D eigenvalue weighted by molar-refractivity contribution is -0.161. The summed E-state index contributed by atoms with van der Waals surface area (Å²) in [5.41, 5.74) is 5.36. The molecule has 0 heterocycles. The predicted octanol–water partition coefficient (Wildman–Crippen LogP) is 15.6. The van der Waals surface area contributed by atoms with E-state index < -0.39 is 26.5 Å². The lowest BCUT2D eigenvalue weighted by Crippen LogP contribution is -2.29. The molecule has 10 heteroatoms. The number of carbonyl (C=O) groups excluding carboxylic acids is 2. The molecule has 0 spiro atoms. The van der Waals surface area contributed by atoms with Gasteiger partial charge >= 0.3 is 19.8 Å². The van der Waals surface area contributed by atoms with Crippen molar-refractivity contribution >= 4 is 19.8 Å². The van der Waals surface area contributed by atoms with E-state index in [2.05, 4.69) is 74.6 Å². The van der Waals surface area contributed by atoms with Crippen LogP contribution in [-0.4, -0.2) is 49.3 Å². The fourth-order valence-electron chi connectivity index (χ4n) is 7.13. The lowest BCUT2D eigenvalue weighted by atomic mass is 10.0. The Kier molecular flexibility index (Phi) is 47.4. The average Bonchev–Trinajstić information content (AvgIpc) is 3.27. The highest BCUT2D eigenvalue weighted by atomic mass is 31.2. The Hall–Kier alpha value is -2.29. The number of unbranched alkanes of at least 4 members (excludes halogenated alkanes) is 25. The zero-order valence-electron chi connectivity index (χ0n) is 40.6. The average molecular weight is 906 g/mol. The van der Waals surface area contributed by atoms with Crippen LogP contribution in [0.15, 0.2) is 60.8 Å². The normalized spacial score (nSPS) is 13.7. The van der Waals surface area contributed by atoms with E-state index in [0.717, 1.165) is 70.6 Å². The zero-order valence-corrected chi connectivity index (χ0v) is 41.4. The highest BCUT2D eigenvalue weighted by Crippen LogP contribution is 2.43. The Bertz CT molecular complexity index is 1220. The van der Waals surface area contributed by atoms with E-state index in [1.807, 2.05) is 0 Å². The van der Waals surface area contributed by atoms with Crippen LogP contribution in [-0.2, 0) is 32.7 Å². The molecule has 0 saturated carbocycles. The molecule has 0 radical (unpaired) electrons. The number of carbonyl (C=O) groups is 2. The summed E-state index contributed by atoms with van der Waals surface area (Å²) in [6, 6.07) is 0. The summed E-state index contributed by atoms with van der Waals surface area (Å²) in [7, 11) is -4.39. The van der Waals surface area contributed by atoms with Gasteiger partial charge in [-0.15, -0.1) is 0 Å². The maximum atomic E-state index is 12.6. The van der Waals surface area contributed by atoms with Gasteiger partial charge in [-0.1, -0.05) is 222 Å². The molecule has 0 aliphatic carbocycles. The molecule has 0 fully saturated rings. The predicted molar refractivity (Wildman–Crippen MR) is 266 cm³/mol. The van der Waals surface area contributed by atoms with Crippen molar-refractivity contribution < 1.29 is 37.6 Å². The van der Waals surface area contributed by atoms with Gasteiger partial charge in [0, 0.05) is 19.4 Å². The van der Waals surface area contributed by atoms with Gasteiger partial charge in [-0.05, 0) is 57.8 Å². The van der Waals surface area contributed by atoms with Crippen molar-refractivity contribution in [1.29, 1.82) is 0 Å². The lowest BCUT2D eigenvalue weighted by Gasteiger charge is -2.19. The van der Waals surface area contributed by atoms with Crippen molar-refractivity contribution in [3.05, 3.63) is 60.8 Å². The molecule has 9 nitrogen and oxygen atoms in total. The van der Waals surface area contributed by atoms with Gasteiger partial charge < -0.3 is 20.1 Å². The maximum Gasteiger partial charge on any atom is 0.472 e. The van der Waals surface area contributed by atoms with Gasteiger partial charge in [-0.25, -0.2) is 4.57 Å². The molecule has 366 valence electrons. The first-order valence-corrected chi connectivity index (χ1v) is 27.3. The van der Waals surface area contributed by atoms with Crippen LogP contribution < -0.4 is 5.73 Å². The molecule has 0 aromatic heterocycles. The minimum Gasteiger partial charge on any atom is -0.462 e. The standard InChI is InChI=1S/C53H96NO8P/c1-3-5-7-9-11-13-15-17-19-21-23-24-25-26-28-29-31-33-35-37-39-41-43-45-52(55)59-49-51(50-61-63(57,58)60-48-47-54)62-53(56)46-44-42-40-38-36-34-32-30-27-22-20-18-16-14-12-10-8-6-4-2/h6,8,12,14,18,20,27,30,34,36,51H,3-5,7,9-11,13,15-17,19,21-26,28-29,31-33,35,37-50,54H2,1-2H3,(H,57,58)/b8-6-,14-12-,20-18-,30-27-,36-34-. The van der Waals surface area contributed by atoms with Crippen LogP contribution in [0.3, 0.4) is 0 Å². The SMILES string of the molecule is CC/C=C\C/C=C\C/C=C\C/C=C\C/C=C\CCCCCC(=O)OC(COC(=O)CCCCCCCCCCCCCCCCCCCCCCCCC)COP(=O)(O)OCCN. The molecule has 0 rings (SSSR count). The first-order chi connectivity index (χ1) is 30.8. The van der Waals surface area contributed by atoms with E-state index in [4.69, 9.17) is 24.3 Å². The summed E-state index contributed by atoms with van der Waals surface area (Å²) in [5.74, 6) is -0.860. The van der Waals surface area contributed by atoms with Crippen LogP contribution in [0.4, 0.5) is 0 Å². The maximum absolute atomic E-state index is 12.6. The van der Waals surface area contributed by atoms with E-state index in [9.17, 15) is 19.0 Å². The van der Waals surface area contributed by atoms with Crippen LogP contribution >= 0.6 is 7.82 Å². The van der Waals surface area contributed by atoms with E-state index in [0.29, 0.717) is 6.42 Å². The summed E-state index contributed by atoms with van der Waals surface area (Å²) < 4.78 is 32.9. The first kappa shape index (κ1) is 60.7. The van der Waals surface area contributed by atoms with Crippen LogP contribution in [0, 0.1) is 0 Å². The van der Waals surface area contributed by atoms with Crippen LogP contribution in [0.5, 0.6) is 0 Å². The summed E-state index contributed by atoms with van der Waals surface area (Å²) in [5, 5.41) is 0. The number of nitrogens with two attached hydrogens (primary N) is 1. The van der Waals surface area contributed by atoms with Gasteiger partial charge in [-0.3, -0.25) is 18.6 Å². The number of allylic oxidation sites excluding steroid dienone is 10. The number of hydrogen-bond donors (Lipinski definition) is 2. The summed E-state index contributed by atoms with van der Waals surface area (Å²) in [4.78, 5) is 35.0. The third-order valence-corrected chi connectivity index (χ3v) is 11.9. The molecule has 0 aromatic rings. The number of phosphoric ester groups is 1. The van der Waals surface area contributed by atoms with Crippen LogP contribution in [0.1, 0.15) is 232 Å². The number of ether oxygens (including phenoxy) is 2. The van der Waals surface area contributed by atoms with Gasteiger partial charge in [-0.2, -0.15) is 0 Å². The number of hydrogen-bond acceptors (Lipinski definition) is 8. The third kappa shape index (κ3) is 49.0. The molecule has 63 heavy (non-hydrogen) atoms. The van der Waals surface area contributed by atoms with Crippen molar-refractivity contribution in [2.45, 2.75) is 238 Å². The molecule has 0 aliphatic heterocycles. The second-order valence-electron chi connectivity index (χ2n) is 17.0. The summed E-state index contributed by atoms with van der Waals surface area (Å²) in [6.07, 6.45) is 59.8. The molecule has 0 saturated heterocycles. The van der Waals surface area contributed by atoms with Crippen molar-refractivity contribution in [3.8, 4) is 0 Å². The van der Waals surface area contributed by atoms with Gasteiger partial charge in [0.15, 0.2) is 6.10 Å². The molecular formula is C53H96NO8P. The molecular weight excluding hydrogens is 810 g/mol. The minimum atomic E-state index is -4.39. The van der Waals surface area contributed by atoms with Gasteiger partial charge in [0.05, 0.1) is 13.2 Å². The topological polar surface area (TPSA) is 134 Å². The van der Waals surface area contributed by atoms with Crippen molar-refractivity contribution in [2.75, 3.05) is 26.4 Å². The molecule has 2 atom stereocenters. The second-order valence-corrected chi connectivity index (χ2v) is 18.5. The third-order valence-electron chi connectivity index (χ3n) is 10.9. The van der Waals surface area contributed by atoms with Gasteiger partial charge in [0.1, 0.15) is 6.61 Å². The number of rotatable bonds is 48. The fraction of sp³-hybridized carbons (Fsp3) is 0.774. The fourth-order valence-corrected chi connectivity index (χ4v) is 7.90. The first-order valence-electron chi connectivity index (χ1n) is 25.8. The molecule has 3 N–H and O–H groups in total. The van der Waals surface area contributed by atoms with E-state index >= 15 is 0 Å². The quantitative estimate of drug-likeness (QED) is 0.0265. The molecule has 0 aliphatic rings. The van der Waals surface area contributed by atoms with E-state index in [-0.39, 0.29) is 38.6 Å². The summed E-state index contributed by atoms with van der Waals surface area (Å²) >= 11 is 0. The molecule has 2 unspecified atom stereocenters. The van der Waals surface area contributed by atoms with E-state index in [1.54, 1.807) is 0 Å². The van der Waals surface area contributed by atoms with Crippen LogP contribution in [0.2, 0.25) is 0 Å². The summed E-state index contributed by atoms with van der Waals surface area (Å²) in [6.45, 7) is 3.61. The Morgan fingerprint density at radius 3 is 1.30 bits per heavy atom.